The van der Waals surface area contributed by atoms with Crippen LogP contribution in [0.4, 0.5) is 0 Å². The van der Waals surface area contributed by atoms with Crippen LogP contribution in [-0.4, -0.2) is 44.5 Å². The van der Waals surface area contributed by atoms with Crippen LogP contribution in [0.15, 0.2) is 24.5 Å². The average Bonchev–Trinajstić information content (AvgIpc) is 2.67. The molecule has 0 saturated carbocycles. The van der Waals surface area contributed by atoms with E-state index < -0.39 is 0 Å². The van der Waals surface area contributed by atoms with Crippen LogP contribution in [0.3, 0.4) is 0 Å². The molecule has 1 heterocycles. The van der Waals surface area contributed by atoms with Crippen LogP contribution in [0.1, 0.15) is 15.9 Å². The second-order valence-corrected chi connectivity index (χ2v) is 6.14. The van der Waals surface area contributed by atoms with Gasteiger partial charge in [-0.1, -0.05) is 23.2 Å². The summed E-state index contributed by atoms with van der Waals surface area (Å²) in [6, 6.07) is 3.11. The molecule has 2 rings (SSSR count). The lowest BCUT2D eigenvalue weighted by molar-refractivity contribution is -0.122. The summed E-state index contributed by atoms with van der Waals surface area (Å²) in [4.78, 5) is 28.3. The maximum Gasteiger partial charge on any atom is 0.257 e. The van der Waals surface area contributed by atoms with Gasteiger partial charge >= 0.3 is 0 Å². The van der Waals surface area contributed by atoms with E-state index in [4.69, 9.17) is 37.4 Å². The summed E-state index contributed by atoms with van der Waals surface area (Å²) in [5, 5.41) is 3.01. The van der Waals surface area contributed by atoms with Crippen LogP contribution in [0.25, 0.3) is 0 Å². The Morgan fingerprint density at radius 2 is 1.74 bits per heavy atom. The minimum Gasteiger partial charge on any atom is -0.493 e. The first-order valence-corrected chi connectivity index (χ1v) is 8.57. The van der Waals surface area contributed by atoms with E-state index in [2.05, 4.69) is 10.3 Å². The van der Waals surface area contributed by atoms with Crippen LogP contribution in [0, 0.1) is 0 Å². The fourth-order valence-electron chi connectivity index (χ4n) is 2.33. The van der Waals surface area contributed by atoms with Crippen LogP contribution >= 0.6 is 23.2 Å². The molecule has 0 aliphatic rings. The molecule has 0 bridgehead atoms. The molecule has 0 unspecified atom stereocenters. The highest BCUT2D eigenvalue weighted by molar-refractivity contribution is 6.36. The predicted octanol–water partition coefficient (Wildman–Crippen LogP) is 2.96. The van der Waals surface area contributed by atoms with Crippen LogP contribution < -0.4 is 19.5 Å². The number of carbonyl (C=O) groups is 2. The Kier molecular flexibility index (Phi) is 7.27. The molecule has 1 amide bonds. The third-order valence-electron chi connectivity index (χ3n) is 3.72. The number of halogens is 2. The Bertz CT molecular complexity index is 838. The highest BCUT2D eigenvalue weighted by Gasteiger charge is 2.23. The van der Waals surface area contributed by atoms with Gasteiger partial charge in [0.2, 0.25) is 5.75 Å². The maximum absolute atomic E-state index is 12.9. The van der Waals surface area contributed by atoms with E-state index in [1.54, 1.807) is 6.07 Å². The molecular formula is C18H18Cl2N2O5. The summed E-state index contributed by atoms with van der Waals surface area (Å²) < 4.78 is 16.1. The molecule has 0 aliphatic heterocycles. The average molecular weight is 413 g/mol. The smallest absolute Gasteiger partial charge is 0.257 e. The molecule has 144 valence electrons. The molecule has 0 radical (unpaired) electrons. The van der Waals surface area contributed by atoms with Crippen molar-refractivity contribution in [2.45, 2.75) is 6.42 Å². The highest BCUT2D eigenvalue weighted by atomic mass is 35.5. The van der Waals surface area contributed by atoms with E-state index in [0.29, 0.717) is 11.3 Å². The predicted molar refractivity (Wildman–Crippen MR) is 101 cm³/mol. The molecule has 0 spiro atoms. The number of ether oxygens (including phenoxy) is 3. The SMILES string of the molecule is CNC(=O)COc1c(C(=O)Cc2c(Cl)cncc2Cl)ccc(OC)c1OC. The summed E-state index contributed by atoms with van der Waals surface area (Å²) in [6.07, 6.45) is 2.74. The third kappa shape index (κ3) is 4.81. The topological polar surface area (TPSA) is 86.8 Å². The zero-order valence-electron chi connectivity index (χ0n) is 15.0. The molecule has 1 aromatic carbocycles. The van der Waals surface area contributed by atoms with Gasteiger partial charge in [-0.15, -0.1) is 0 Å². The van der Waals surface area contributed by atoms with Crippen molar-refractivity contribution < 1.29 is 23.8 Å². The molecule has 0 aliphatic carbocycles. The molecule has 0 saturated heterocycles. The second kappa shape index (κ2) is 9.43. The second-order valence-electron chi connectivity index (χ2n) is 5.32. The van der Waals surface area contributed by atoms with Gasteiger partial charge in [0, 0.05) is 31.4 Å². The number of methoxy groups -OCH3 is 2. The van der Waals surface area contributed by atoms with Gasteiger partial charge in [0.1, 0.15) is 0 Å². The quantitative estimate of drug-likeness (QED) is 0.670. The highest BCUT2D eigenvalue weighted by Crippen LogP contribution is 2.40. The third-order valence-corrected chi connectivity index (χ3v) is 4.37. The molecule has 0 atom stereocenters. The van der Waals surface area contributed by atoms with E-state index in [-0.39, 0.29) is 51.8 Å². The monoisotopic (exact) mass is 412 g/mol. The Morgan fingerprint density at radius 3 is 2.30 bits per heavy atom. The van der Waals surface area contributed by atoms with E-state index in [1.807, 2.05) is 0 Å². The fourth-order valence-corrected chi connectivity index (χ4v) is 2.83. The summed E-state index contributed by atoms with van der Waals surface area (Å²) in [7, 11) is 4.35. The van der Waals surface area contributed by atoms with E-state index in [1.165, 1.54) is 39.7 Å². The van der Waals surface area contributed by atoms with Crippen LogP contribution in [-0.2, 0) is 11.2 Å². The Morgan fingerprint density at radius 1 is 1.07 bits per heavy atom. The number of rotatable bonds is 8. The number of ketones is 1. The van der Waals surface area contributed by atoms with Crippen molar-refractivity contribution in [3.63, 3.8) is 0 Å². The lowest BCUT2D eigenvalue weighted by Crippen LogP contribution is -2.25. The number of hydrogen-bond acceptors (Lipinski definition) is 6. The molecule has 2 aromatic rings. The standard InChI is InChI=1S/C18H18Cl2N2O5/c1-21-16(24)9-27-17-10(4-5-15(25-2)18(17)26-3)14(23)6-11-12(19)7-22-8-13(11)20/h4-5,7-8H,6,9H2,1-3H3,(H,21,24). The van der Waals surface area contributed by atoms with Crippen molar-refractivity contribution in [2.75, 3.05) is 27.9 Å². The summed E-state index contributed by atoms with van der Waals surface area (Å²) in [5.74, 6) is -0.0109. The molecule has 0 fully saturated rings. The Labute approximate surface area is 166 Å². The molecule has 9 heteroatoms. The van der Waals surface area contributed by atoms with Crippen molar-refractivity contribution in [2.24, 2.45) is 0 Å². The van der Waals surface area contributed by atoms with Crippen LogP contribution in [0.2, 0.25) is 10.0 Å². The number of carbonyl (C=O) groups excluding carboxylic acids is 2. The summed E-state index contributed by atoms with van der Waals surface area (Å²) >= 11 is 12.2. The lowest BCUT2D eigenvalue weighted by atomic mass is 10.0. The number of amides is 1. The molecule has 1 N–H and O–H groups in total. The van der Waals surface area contributed by atoms with E-state index >= 15 is 0 Å². The van der Waals surface area contributed by atoms with Crippen LogP contribution in [0.5, 0.6) is 17.2 Å². The zero-order chi connectivity index (χ0) is 20.0. The first-order valence-electron chi connectivity index (χ1n) is 7.82. The minimum absolute atomic E-state index is 0.0774. The molecular weight excluding hydrogens is 395 g/mol. The normalized spacial score (nSPS) is 10.3. The zero-order valence-corrected chi connectivity index (χ0v) is 16.5. The largest absolute Gasteiger partial charge is 0.493 e. The number of benzene rings is 1. The van der Waals surface area contributed by atoms with Gasteiger partial charge in [0.25, 0.3) is 5.91 Å². The fraction of sp³-hybridized carbons (Fsp3) is 0.278. The Balaban J connectivity index is 2.44. The van der Waals surface area contributed by atoms with E-state index in [9.17, 15) is 9.59 Å². The van der Waals surface area contributed by atoms with Gasteiger partial charge < -0.3 is 19.5 Å². The van der Waals surface area contributed by atoms with Crippen molar-refractivity contribution in [1.29, 1.82) is 0 Å². The van der Waals surface area contributed by atoms with Gasteiger partial charge in [-0.2, -0.15) is 0 Å². The number of aromatic nitrogens is 1. The lowest BCUT2D eigenvalue weighted by Gasteiger charge is -2.17. The number of pyridine rings is 1. The minimum atomic E-state index is -0.363. The number of likely N-dealkylation sites (N-methyl/N-ethyl adjacent to an activating group) is 1. The van der Waals surface area contributed by atoms with Crippen molar-refractivity contribution in [3.05, 3.63) is 45.7 Å². The number of nitrogens with one attached hydrogen (secondary N) is 1. The summed E-state index contributed by atoms with van der Waals surface area (Å²) in [5.41, 5.74) is 0.658. The molecule has 7 nitrogen and oxygen atoms in total. The van der Waals surface area contributed by atoms with Crippen molar-refractivity contribution >= 4 is 34.9 Å². The summed E-state index contributed by atoms with van der Waals surface area (Å²) in [6.45, 7) is -0.295. The van der Waals surface area contributed by atoms with Gasteiger partial charge in [0.05, 0.1) is 29.8 Å². The van der Waals surface area contributed by atoms with Crippen molar-refractivity contribution in [3.8, 4) is 17.2 Å². The molecule has 1 aromatic heterocycles. The van der Waals surface area contributed by atoms with Gasteiger partial charge in [0.15, 0.2) is 23.9 Å². The van der Waals surface area contributed by atoms with Gasteiger partial charge in [-0.05, 0) is 12.1 Å². The number of Topliss-reactive ketones (excluding diaryl/α,β-unsaturated/α-hetero) is 1. The molecule has 27 heavy (non-hydrogen) atoms. The Hall–Kier alpha value is -2.51. The first-order chi connectivity index (χ1) is 12.9. The maximum atomic E-state index is 12.9. The number of nitrogens with zero attached hydrogens (tertiary/aromatic N) is 1. The van der Waals surface area contributed by atoms with Crippen molar-refractivity contribution in [1.82, 2.24) is 10.3 Å². The van der Waals surface area contributed by atoms with E-state index in [0.717, 1.165) is 0 Å². The van der Waals surface area contributed by atoms with Gasteiger partial charge in [-0.25, -0.2) is 0 Å². The van der Waals surface area contributed by atoms with Gasteiger partial charge in [-0.3, -0.25) is 14.6 Å². The first kappa shape index (κ1) is 20.8. The number of hydrogen-bond donors (Lipinski definition) is 1.